The molecule has 3 heteroatoms. The molecule has 102 valence electrons. The number of amides is 1. The third-order valence-electron chi connectivity index (χ3n) is 3.50. The maximum Gasteiger partial charge on any atom is 0.418 e. The molecule has 0 atom stereocenters. The summed E-state index contributed by atoms with van der Waals surface area (Å²) in [6.45, 7) is 2.20. The van der Waals surface area contributed by atoms with Crippen LogP contribution in [0.5, 0.6) is 0 Å². The molecular formula is C17H17NO2. The molecule has 0 unspecified atom stereocenters. The van der Waals surface area contributed by atoms with E-state index in [1.54, 1.807) is 4.90 Å². The fourth-order valence-corrected chi connectivity index (χ4v) is 2.55. The Kier molecular flexibility index (Phi) is 3.42. The topological polar surface area (TPSA) is 29.5 Å². The molecule has 0 fully saturated rings. The predicted octanol–water partition coefficient (Wildman–Crippen LogP) is 2.28. The molecule has 1 heterocycles. The van der Waals surface area contributed by atoms with E-state index in [1.165, 1.54) is 5.57 Å². The average Bonchev–Trinajstić information content (AvgIpc) is 2.64. The smallest absolute Gasteiger partial charge is 0.418 e. The van der Waals surface area contributed by atoms with Gasteiger partial charge in [-0.15, -0.1) is 0 Å². The Morgan fingerprint density at radius 1 is 1.30 bits per heavy atom. The highest BCUT2D eigenvalue weighted by atomic mass is 16.6. The van der Waals surface area contributed by atoms with Crippen LogP contribution in [0, 0.1) is 0 Å². The summed E-state index contributed by atoms with van der Waals surface area (Å²) in [6, 6.07) is 8.08. The third-order valence-corrected chi connectivity index (χ3v) is 3.50. The fraction of sp³-hybridized carbons (Fsp3) is 0.235. The molecule has 2 aliphatic rings. The Balaban J connectivity index is 2.19. The number of ether oxygens (including phenoxy) is 1. The molecule has 0 radical (unpaired) electrons. The molecule has 0 saturated heterocycles. The van der Waals surface area contributed by atoms with Gasteiger partial charge in [-0.1, -0.05) is 30.3 Å². The van der Waals surface area contributed by atoms with Gasteiger partial charge in [0.05, 0.1) is 12.3 Å². The van der Waals surface area contributed by atoms with Crippen LogP contribution in [0.4, 0.5) is 4.79 Å². The summed E-state index contributed by atoms with van der Waals surface area (Å²) in [5.41, 5.74) is 2.10. The van der Waals surface area contributed by atoms with Crippen LogP contribution in [0.15, 0.2) is 47.7 Å². The van der Waals surface area contributed by atoms with E-state index in [1.807, 2.05) is 37.4 Å². The summed E-state index contributed by atoms with van der Waals surface area (Å²) < 4.78 is 5.17. The summed E-state index contributed by atoms with van der Waals surface area (Å²) in [5.74, 6) is 0. The van der Waals surface area contributed by atoms with Crippen LogP contribution in [-0.2, 0) is 4.74 Å². The van der Waals surface area contributed by atoms with Gasteiger partial charge in [0.25, 0.3) is 0 Å². The lowest BCUT2D eigenvalue weighted by molar-refractivity contribution is 0.134. The highest BCUT2D eigenvalue weighted by Gasteiger charge is 2.21. The van der Waals surface area contributed by atoms with Crippen molar-refractivity contribution in [3.05, 3.63) is 58.1 Å². The first-order valence-corrected chi connectivity index (χ1v) is 6.94. The summed E-state index contributed by atoms with van der Waals surface area (Å²) >= 11 is 0. The van der Waals surface area contributed by atoms with Crippen molar-refractivity contribution in [2.24, 2.45) is 0 Å². The molecule has 0 N–H and O–H groups in total. The monoisotopic (exact) mass is 267 g/mol. The standard InChI is InChI=1S/C17H17NO2/c1-2-20-17(19)18-12-15-9-4-3-7-13(15)11-14-8-5-6-10-16(14)18/h3-4,6-7,9-12H,2,5,8H2,1H3. The number of carbonyl (C=O) groups excluding carboxylic acids is 1. The van der Waals surface area contributed by atoms with Crippen molar-refractivity contribution in [1.82, 2.24) is 4.90 Å². The van der Waals surface area contributed by atoms with Crippen LogP contribution >= 0.6 is 0 Å². The van der Waals surface area contributed by atoms with Crippen LogP contribution in [0.1, 0.15) is 19.8 Å². The Morgan fingerprint density at radius 2 is 2.10 bits per heavy atom. The highest BCUT2D eigenvalue weighted by molar-refractivity contribution is 5.78. The normalized spacial score (nSPS) is 16.6. The van der Waals surface area contributed by atoms with E-state index < -0.39 is 0 Å². The van der Waals surface area contributed by atoms with E-state index in [4.69, 9.17) is 4.74 Å². The first-order valence-electron chi connectivity index (χ1n) is 6.94. The van der Waals surface area contributed by atoms with Gasteiger partial charge in [-0.2, -0.15) is 0 Å². The number of fused-ring (bicyclic) bond motifs is 1. The number of carbonyl (C=O) groups is 1. The number of rotatable bonds is 1. The maximum absolute atomic E-state index is 12.2. The minimum Gasteiger partial charge on any atom is -0.449 e. The van der Waals surface area contributed by atoms with Gasteiger partial charge >= 0.3 is 6.09 Å². The predicted molar refractivity (Wildman–Crippen MR) is 78.9 cm³/mol. The molecule has 3 nitrogen and oxygen atoms in total. The molecule has 1 aromatic carbocycles. The first-order chi connectivity index (χ1) is 9.79. The second kappa shape index (κ2) is 5.37. The molecule has 0 saturated carbocycles. The Bertz CT molecular complexity index is 713. The van der Waals surface area contributed by atoms with Crippen LogP contribution < -0.4 is 10.4 Å². The van der Waals surface area contributed by atoms with Gasteiger partial charge in [-0.25, -0.2) is 4.79 Å². The largest absolute Gasteiger partial charge is 0.449 e. The number of hydrogen-bond donors (Lipinski definition) is 0. The van der Waals surface area contributed by atoms with E-state index in [0.717, 1.165) is 29.0 Å². The van der Waals surface area contributed by atoms with Gasteiger partial charge in [-0.3, -0.25) is 4.90 Å². The highest BCUT2D eigenvalue weighted by Crippen LogP contribution is 2.25. The van der Waals surface area contributed by atoms with Gasteiger partial charge in [0.15, 0.2) is 0 Å². The quantitative estimate of drug-likeness (QED) is 0.781. The van der Waals surface area contributed by atoms with Crippen molar-refractivity contribution in [2.75, 3.05) is 6.61 Å². The average molecular weight is 267 g/mol. The molecule has 1 aromatic rings. The number of nitrogens with zero attached hydrogens (tertiary/aromatic N) is 1. The lowest BCUT2D eigenvalue weighted by Gasteiger charge is -2.22. The molecule has 20 heavy (non-hydrogen) atoms. The molecule has 0 bridgehead atoms. The summed E-state index contributed by atoms with van der Waals surface area (Å²) in [7, 11) is 0. The second-order valence-corrected chi connectivity index (χ2v) is 4.82. The molecule has 1 aliphatic carbocycles. The molecule has 0 aromatic heterocycles. The van der Waals surface area contributed by atoms with E-state index in [9.17, 15) is 4.79 Å². The van der Waals surface area contributed by atoms with E-state index in [2.05, 4.69) is 18.2 Å². The van der Waals surface area contributed by atoms with Crippen molar-refractivity contribution in [1.29, 1.82) is 0 Å². The molecule has 0 spiro atoms. The van der Waals surface area contributed by atoms with Crippen LogP contribution in [-0.4, -0.2) is 17.6 Å². The number of benzene rings is 1. The van der Waals surface area contributed by atoms with Crippen molar-refractivity contribution in [2.45, 2.75) is 19.8 Å². The van der Waals surface area contributed by atoms with Crippen molar-refractivity contribution < 1.29 is 9.53 Å². The minimum atomic E-state index is -0.323. The third kappa shape index (κ3) is 2.27. The number of hydrogen-bond acceptors (Lipinski definition) is 2. The van der Waals surface area contributed by atoms with E-state index in [0.29, 0.717) is 6.61 Å². The molecule has 3 rings (SSSR count). The van der Waals surface area contributed by atoms with Crippen LogP contribution in [0.25, 0.3) is 12.3 Å². The van der Waals surface area contributed by atoms with Gasteiger partial charge in [0.1, 0.15) is 0 Å². The summed E-state index contributed by atoms with van der Waals surface area (Å²) in [4.78, 5) is 13.8. The lowest BCUT2D eigenvalue weighted by Crippen LogP contribution is -2.30. The molecule has 1 amide bonds. The van der Waals surface area contributed by atoms with Gasteiger partial charge < -0.3 is 4.74 Å². The molecule has 1 aliphatic heterocycles. The zero-order valence-corrected chi connectivity index (χ0v) is 11.5. The minimum absolute atomic E-state index is 0.323. The van der Waals surface area contributed by atoms with Gasteiger partial charge in [0, 0.05) is 6.20 Å². The Morgan fingerprint density at radius 3 is 2.90 bits per heavy atom. The van der Waals surface area contributed by atoms with Crippen molar-refractivity contribution in [3.63, 3.8) is 0 Å². The first kappa shape index (κ1) is 12.7. The van der Waals surface area contributed by atoms with Crippen LogP contribution in [0.2, 0.25) is 0 Å². The second-order valence-electron chi connectivity index (χ2n) is 4.82. The zero-order valence-electron chi connectivity index (χ0n) is 11.5. The molecular weight excluding hydrogens is 250 g/mol. The number of allylic oxidation sites excluding steroid dienone is 3. The van der Waals surface area contributed by atoms with Gasteiger partial charge in [-0.05, 0) is 47.9 Å². The Labute approximate surface area is 118 Å². The maximum atomic E-state index is 12.2. The van der Waals surface area contributed by atoms with Crippen LogP contribution in [0.3, 0.4) is 0 Å². The van der Waals surface area contributed by atoms with E-state index >= 15 is 0 Å². The van der Waals surface area contributed by atoms with E-state index in [-0.39, 0.29) is 6.09 Å². The lowest BCUT2D eigenvalue weighted by atomic mass is 10.0. The van der Waals surface area contributed by atoms with Crippen molar-refractivity contribution >= 4 is 18.4 Å². The zero-order chi connectivity index (χ0) is 13.9. The van der Waals surface area contributed by atoms with Crippen molar-refractivity contribution in [3.8, 4) is 0 Å². The Hall–Kier alpha value is -2.29. The summed E-state index contributed by atoms with van der Waals surface area (Å²) in [6.07, 6.45) is 9.78. The fourth-order valence-electron chi connectivity index (χ4n) is 2.55. The summed E-state index contributed by atoms with van der Waals surface area (Å²) in [5, 5.41) is 2.17. The SMILES string of the molecule is CCOC(=O)N1C=c2ccccc2=CC2=C1C=CCC2. The van der Waals surface area contributed by atoms with Gasteiger partial charge in [0.2, 0.25) is 0 Å².